The number of anilines is 1. The molecule has 0 radical (unpaired) electrons. The zero-order valence-electron chi connectivity index (χ0n) is 10.7. The van der Waals surface area contributed by atoms with E-state index in [1.54, 1.807) is 16.7 Å². The van der Waals surface area contributed by atoms with Crippen LogP contribution < -0.4 is 5.73 Å². The molecular weight excluding hydrogens is 249 g/mol. The zero-order valence-corrected chi connectivity index (χ0v) is 10.7. The Kier molecular flexibility index (Phi) is 3.50. The maximum atomic E-state index is 12.9. The summed E-state index contributed by atoms with van der Waals surface area (Å²) in [6.07, 6.45) is 0.582. The number of carbonyl (C=O) groups excluding carboxylic acids is 1. The Balaban J connectivity index is 2.59. The first-order chi connectivity index (χ1) is 9.08. The van der Waals surface area contributed by atoms with Crippen molar-refractivity contribution < 1.29 is 13.9 Å². The average molecular weight is 263 g/mol. The molecule has 2 aromatic rings. The van der Waals surface area contributed by atoms with Gasteiger partial charge in [0, 0.05) is 12.1 Å². The highest BCUT2D eigenvalue weighted by atomic mass is 19.1. The number of nitrogen functional groups attached to an aromatic ring is 1. The van der Waals surface area contributed by atoms with Crippen LogP contribution in [0.3, 0.4) is 0 Å². The summed E-state index contributed by atoms with van der Waals surface area (Å²) in [5, 5.41) is 0. The number of halogens is 1. The van der Waals surface area contributed by atoms with Gasteiger partial charge in [0.25, 0.3) is 0 Å². The van der Waals surface area contributed by atoms with Crippen molar-refractivity contribution in [2.24, 2.45) is 0 Å². The number of hydrogen-bond donors (Lipinski definition) is 1. The molecule has 0 saturated carbocycles. The van der Waals surface area contributed by atoms with Gasteiger partial charge in [0.2, 0.25) is 0 Å². The molecule has 0 aliphatic heterocycles. The second-order valence-electron chi connectivity index (χ2n) is 3.92. The van der Waals surface area contributed by atoms with E-state index in [0.29, 0.717) is 17.9 Å². The number of aromatic nitrogens is 2. The molecule has 0 unspecified atom stereocenters. The van der Waals surface area contributed by atoms with Crippen LogP contribution in [0.25, 0.3) is 5.69 Å². The molecule has 0 fully saturated rings. The lowest BCUT2D eigenvalue weighted by molar-refractivity contribution is 0.0596. The minimum Gasteiger partial charge on any atom is -0.464 e. The lowest BCUT2D eigenvalue weighted by atomic mass is 10.3. The number of hydrogen-bond acceptors (Lipinski definition) is 4. The lowest BCUT2D eigenvalue weighted by Crippen LogP contribution is -2.08. The number of imidazole rings is 1. The fraction of sp³-hybridized carbons (Fsp3) is 0.231. The molecule has 0 aliphatic carbocycles. The van der Waals surface area contributed by atoms with Gasteiger partial charge in [-0.25, -0.2) is 14.2 Å². The van der Waals surface area contributed by atoms with E-state index in [2.05, 4.69) is 9.72 Å². The molecule has 0 amide bonds. The monoisotopic (exact) mass is 263 g/mol. The minimum atomic E-state index is -0.590. The number of methoxy groups -OCH3 is 1. The molecule has 5 nitrogen and oxygen atoms in total. The molecule has 100 valence electrons. The van der Waals surface area contributed by atoms with Gasteiger partial charge >= 0.3 is 5.97 Å². The van der Waals surface area contributed by atoms with Crippen LogP contribution in [0.1, 0.15) is 23.2 Å². The molecule has 2 N–H and O–H groups in total. The largest absolute Gasteiger partial charge is 0.464 e. The van der Waals surface area contributed by atoms with Crippen molar-refractivity contribution in [3.63, 3.8) is 0 Å². The number of carbonyl (C=O) groups is 1. The van der Waals surface area contributed by atoms with Crippen LogP contribution in [0.2, 0.25) is 0 Å². The number of benzene rings is 1. The molecule has 1 aromatic carbocycles. The van der Waals surface area contributed by atoms with Gasteiger partial charge in [0.1, 0.15) is 17.5 Å². The first-order valence-electron chi connectivity index (χ1n) is 5.79. The summed E-state index contributed by atoms with van der Waals surface area (Å²) in [7, 11) is 1.27. The summed E-state index contributed by atoms with van der Waals surface area (Å²) in [6, 6.07) is 5.80. The minimum absolute atomic E-state index is 0.0728. The van der Waals surface area contributed by atoms with Crippen molar-refractivity contribution in [1.82, 2.24) is 9.55 Å². The van der Waals surface area contributed by atoms with Crippen LogP contribution >= 0.6 is 0 Å². The molecule has 19 heavy (non-hydrogen) atoms. The summed E-state index contributed by atoms with van der Waals surface area (Å²) >= 11 is 0. The molecule has 1 aromatic heterocycles. The number of ether oxygens (including phenoxy) is 1. The van der Waals surface area contributed by atoms with Crippen molar-refractivity contribution in [3.05, 3.63) is 41.6 Å². The van der Waals surface area contributed by atoms with Gasteiger partial charge in [-0.05, 0) is 24.3 Å². The smallest absolute Gasteiger partial charge is 0.360 e. The molecule has 2 rings (SSSR count). The third-order valence-electron chi connectivity index (χ3n) is 2.76. The van der Waals surface area contributed by atoms with Gasteiger partial charge in [-0.2, -0.15) is 0 Å². The first-order valence-corrected chi connectivity index (χ1v) is 5.79. The van der Waals surface area contributed by atoms with E-state index in [4.69, 9.17) is 5.73 Å². The van der Waals surface area contributed by atoms with Gasteiger partial charge in [0.05, 0.1) is 7.11 Å². The van der Waals surface area contributed by atoms with E-state index >= 15 is 0 Å². The molecule has 0 bridgehead atoms. The fourth-order valence-electron chi connectivity index (χ4n) is 1.84. The SMILES string of the molecule is CCc1nc(C(=O)OC)c(N)n1-c1ccc(F)cc1. The van der Waals surface area contributed by atoms with Gasteiger partial charge in [-0.3, -0.25) is 4.57 Å². The Morgan fingerprint density at radius 1 is 1.42 bits per heavy atom. The fourth-order valence-corrected chi connectivity index (χ4v) is 1.84. The Bertz CT molecular complexity index is 605. The van der Waals surface area contributed by atoms with Crippen LogP contribution in [0, 0.1) is 5.82 Å². The van der Waals surface area contributed by atoms with Crippen LogP contribution in [0.5, 0.6) is 0 Å². The van der Waals surface area contributed by atoms with Crippen molar-refractivity contribution in [1.29, 1.82) is 0 Å². The summed E-state index contributed by atoms with van der Waals surface area (Å²) in [4.78, 5) is 15.7. The number of aryl methyl sites for hydroxylation is 1. The maximum absolute atomic E-state index is 12.9. The highest BCUT2D eigenvalue weighted by molar-refractivity contribution is 5.92. The molecular formula is C13H14FN3O2. The molecule has 0 aliphatic rings. The Morgan fingerprint density at radius 3 is 2.58 bits per heavy atom. The second kappa shape index (κ2) is 5.09. The predicted octanol–water partition coefficient (Wildman–Crippen LogP) is 1.94. The highest BCUT2D eigenvalue weighted by Crippen LogP contribution is 2.22. The molecule has 0 atom stereocenters. The van der Waals surface area contributed by atoms with Gasteiger partial charge in [-0.15, -0.1) is 0 Å². The van der Waals surface area contributed by atoms with E-state index in [1.165, 1.54) is 19.2 Å². The van der Waals surface area contributed by atoms with Gasteiger partial charge in [-0.1, -0.05) is 6.92 Å². The molecule has 6 heteroatoms. The third kappa shape index (κ3) is 2.29. The first kappa shape index (κ1) is 13.1. The number of nitrogens with two attached hydrogens (primary N) is 1. The highest BCUT2D eigenvalue weighted by Gasteiger charge is 2.21. The summed E-state index contributed by atoms with van der Waals surface area (Å²) in [5.74, 6) is -0.124. The predicted molar refractivity (Wildman–Crippen MR) is 68.7 cm³/mol. The Morgan fingerprint density at radius 2 is 2.05 bits per heavy atom. The van der Waals surface area contributed by atoms with Crippen molar-refractivity contribution in [3.8, 4) is 5.69 Å². The standard InChI is InChI=1S/C13H14FN3O2/c1-3-10-16-11(13(18)19-2)12(15)17(10)9-6-4-8(14)5-7-9/h4-7H,3,15H2,1-2H3. The van der Waals surface area contributed by atoms with E-state index < -0.39 is 5.97 Å². The van der Waals surface area contributed by atoms with Crippen LogP contribution in [0.4, 0.5) is 10.2 Å². The zero-order chi connectivity index (χ0) is 14.0. The van der Waals surface area contributed by atoms with Crippen molar-refractivity contribution in [2.75, 3.05) is 12.8 Å². The van der Waals surface area contributed by atoms with Crippen LogP contribution in [-0.4, -0.2) is 22.6 Å². The topological polar surface area (TPSA) is 70.1 Å². The Labute approximate surface area is 109 Å². The quantitative estimate of drug-likeness (QED) is 0.859. The van der Waals surface area contributed by atoms with Crippen LogP contribution in [0.15, 0.2) is 24.3 Å². The van der Waals surface area contributed by atoms with Crippen molar-refractivity contribution >= 4 is 11.8 Å². The van der Waals surface area contributed by atoms with E-state index in [-0.39, 0.29) is 17.3 Å². The van der Waals surface area contributed by atoms with Gasteiger partial charge < -0.3 is 10.5 Å². The van der Waals surface area contributed by atoms with Crippen molar-refractivity contribution in [2.45, 2.75) is 13.3 Å². The summed E-state index contributed by atoms with van der Waals surface area (Å²) < 4.78 is 19.2. The van der Waals surface area contributed by atoms with E-state index in [0.717, 1.165) is 0 Å². The Hall–Kier alpha value is -2.37. The molecule has 1 heterocycles. The second-order valence-corrected chi connectivity index (χ2v) is 3.92. The maximum Gasteiger partial charge on any atom is 0.360 e. The normalized spacial score (nSPS) is 10.5. The van der Waals surface area contributed by atoms with Gasteiger partial charge in [0.15, 0.2) is 5.69 Å². The molecule has 0 saturated heterocycles. The van der Waals surface area contributed by atoms with E-state index in [1.807, 2.05) is 6.92 Å². The lowest BCUT2D eigenvalue weighted by Gasteiger charge is -2.08. The van der Waals surface area contributed by atoms with E-state index in [9.17, 15) is 9.18 Å². The number of rotatable bonds is 3. The summed E-state index contributed by atoms with van der Waals surface area (Å²) in [6.45, 7) is 1.89. The number of esters is 1. The third-order valence-corrected chi connectivity index (χ3v) is 2.76. The van der Waals surface area contributed by atoms with Crippen LogP contribution in [-0.2, 0) is 11.2 Å². The average Bonchev–Trinajstić information content (AvgIpc) is 2.76. The number of nitrogens with zero attached hydrogens (tertiary/aromatic N) is 2. The molecule has 0 spiro atoms. The summed E-state index contributed by atoms with van der Waals surface area (Å²) in [5.41, 5.74) is 6.66.